The average Bonchev–Trinajstić information content (AvgIpc) is 3.34. The summed E-state index contributed by atoms with van der Waals surface area (Å²) in [6.45, 7) is 1.50. The molecule has 0 unspecified atom stereocenters. The Bertz CT molecular complexity index is 1040. The summed E-state index contributed by atoms with van der Waals surface area (Å²) >= 11 is 0. The van der Waals surface area contributed by atoms with Gasteiger partial charge in [0, 0.05) is 38.6 Å². The van der Waals surface area contributed by atoms with Crippen LogP contribution in [0.15, 0.2) is 34.9 Å². The van der Waals surface area contributed by atoms with E-state index in [4.69, 9.17) is 19.6 Å². The van der Waals surface area contributed by atoms with Gasteiger partial charge in [0.05, 0.1) is 26.0 Å². The molecule has 0 bridgehead atoms. The van der Waals surface area contributed by atoms with Crippen molar-refractivity contribution in [1.29, 1.82) is 0 Å². The summed E-state index contributed by atoms with van der Waals surface area (Å²) in [5.41, 5.74) is 6.89. The lowest BCUT2D eigenvalue weighted by Crippen LogP contribution is -2.27. The van der Waals surface area contributed by atoms with Crippen LogP contribution in [0.5, 0.6) is 11.5 Å². The van der Waals surface area contributed by atoms with Crippen molar-refractivity contribution in [3.8, 4) is 11.5 Å². The second kappa shape index (κ2) is 10.7. The van der Waals surface area contributed by atoms with Gasteiger partial charge in [0.15, 0.2) is 17.3 Å². The molecule has 2 heterocycles. The molecule has 0 aliphatic rings. The number of amides is 1. The number of ether oxygens (including phenoxy) is 2. The van der Waals surface area contributed by atoms with E-state index in [1.807, 2.05) is 18.0 Å². The number of nitrogen functional groups attached to an aromatic ring is 1. The Balaban J connectivity index is 1.48. The summed E-state index contributed by atoms with van der Waals surface area (Å²) in [7, 11) is 6.92. The molecule has 3 aromatic rings. The SMILES string of the molecule is COc1cc2nc(N(C)CCCCCCN([11CH3])C(=O)c3ccco3)nc(N)c2cc1OC. The van der Waals surface area contributed by atoms with Crippen molar-refractivity contribution >= 4 is 28.6 Å². The number of hydrogen-bond donors (Lipinski definition) is 1. The molecule has 9 nitrogen and oxygen atoms in total. The monoisotopic (exact) mass is 440 g/mol. The summed E-state index contributed by atoms with van der Waals surface area (Å²) in [5.74, 6) is 2.46. The number of fused-ring (bicyclic) bond motifs is 1. The number of nitrogens with two attached hydrogens (primary N) is 1. The first kappa shape index (κ1) is 23.2. The maximum Gasteiger partial charge on any atom is 0.289 e. The van der Waals surface area contributed by atoms with Crippen molar-refractivity contribution in [3.05, 3.63) is 36.3 Å². The van der Waals surface area contributed by atoms with Crippen molar-refractivity contribution < 1.29 is 18.7 Å². The molecule has 172 valence electrons. The van der Waals surface area contributed by atoms with Crippen LogP contribution >= 0.6 is 0 Å². The van der Waals surface area contributed by atoms with Gasteiger partial charge in [-0.1, -0.05) is 12.8 Å². The topological polar surface area (TPSA) is 107 Å². The highest BCUT2D eigenvalue weighted by atomic mass is 16.5. The van der Waals surface area contributed by atoms with Gasteiger partial charge >= 0.3 is 0 Å². The largest absolute Gasteiger partial charge is 0.493 e. The molecule has 0 saturated carbocycles. The molecule has 2 aromatic heterocycles. The van der Waals surface area contributed by atoms with E-state index in [1.165, 1.54) is 6.26 Å². The van der Waals surface area contributed by atoms with E-state index in [2.05, 4.69) is 9.97 Å². The van der Waals surface area contributed by atoms with Crippen molar-refractivity contribution in [2.45, 2.75) is 25.7 Å². The number of carbonyl (C=O) groups is 1. The molecule has 1 aromatic carbocycles. The van der Waals surface area contributed by atoms with Crippen LogP contribution in [-0.4, -0.2) is 62.2 Å². The number of anilines is 2. The third-order valence-electron chi connectivity index (χ3n) is 5.38. The van der Waals surface area contributed by atoms with E-state index < -0.39 is 0 Å². The Morgan fingerprint density at radius 2 is 1.72 bits per heavy atom. The van der Waals surface area contributed by atoms with Gasteiger partial charge in [-0.2, -0.15) is 4.98 Å². The molecule has 0 fully saturated rings. The minimum atomic E-state index is -0.0879. The van der Waals surface area contributed by atoms with Crippen molar-refractivity contribution in [2.24, 2.45) is 0 Å². The maximum absolute atomic E-state index is 12.2. The molecule has 2 N–H and O–H groups in total. The lowest BCUT2D eigenvalue weighted by molar-refractivity contribution is 0.0761. The van der Waals surface area contributed by atoms with Crippen LogP contribution in [0, 0.1) is 0 Å². The van der Waals surface area contributed by atoms with Gasteiger partial charge in [-0.3, -0.25) is 4.79 Å². The van der Waals surface area contributed by atoms with Gasteiger partial charge in [-0.25, -0.2) is 4.98 Å². The van der Waals surface area contributed by atoms with Crippen molar-refractivity contribution in [3.63, 3.8) is 0 Å². The highest BCUT2D eigenvalue weighted by Crippen LogP contribution is 2.34. The van der Waals surface area contributed by atoms with Gasteiger partial charge in [-0.15, -0.1) is 0 Å². The van der Waals surface area contributed by atoms with E-state index in [1.54, 1.807) is 44.4 Å². The number of hydrogen-bond acceptors (Lipinski definition) is 8. The molecule has 1 amide bonds. The highest BCUT2D eigenvalue weighted by molar-refractivity contribution is 5.92. The predicted molar refractivity (Wildman–Crippen MR) is 124 cm³/mol. The zero-order chi connectivity index (χ0) is 23.1. The number of furan rings is 1. The normalized spacial score (nSPS) is 10.9. The van der Waals surface area contributed by atoms with Crippen LogP contribution in [0.1, 0.15) is 36.2 Å². The molecule has 3 rings (SSSR count). The standard InChI is InChI=1S/C23H31N5O4/c1-27(22(29)18-10-9-13-32-18)11-7-5-6-8-12-28(2)23-25-17-15-20(31-4)19(30-3)14-16(17)21(24)26-23/h9-10,13-15H,5-8,11-12H2,1-4H3,(H2,24,25,26)/i1-1. The molecular weight excluding hydrogens is 409 g/mol. The number of benzene rings is 1. The Kier molecular flexibility index (Phi) is 7.75. The Morgan fingerprint density at radius 1 is 1.03 bits per heavy atom. The smallest absolute Gasteiger partial charge is 0.289 e. The van der Waals surface area contributed by atoms with Gasteiger partial charge in [-0.05, 0) is 31.0 Å². The number of rotatable bonds is 11. The van der Waals surface area contributed by atoms with Gasteiger partial charge < -0.3 is 29.4 Å². The summed E-state index contributed by atoms with van der Waals surface area (Å²) < 4.78 is 15.9. The van der Waals surface area contributed by atoms with Crippen LogP contribution in [0.25, 0.3) is 10.9 Å². The summed E-state index contributed by atoms with van der Waals surface area (Å²) in [4.78, 5) is 25.0. The highest BCUT2D eigenvalue weighted by Gasteiger charge is 2.15. The van der Waals surface area contributed by atoms with E-state index in [0.717, 1.165) is 37.6 Å². The van der Waals surface area contributed by atoms with Crippen molar-refractivity contribution in [2.75, 3.05) is 52.0 Å². The second-order valence-corrected chi connectivity index (χ2v) is 7.67. The number of unbranched alkanes of at least 4 members (excludes halogenated alkanes) is 3. The van der Waals surface area contributed by atoms with E-state index in [9.17, 15) is 4.79 Å². The first-order chi connectivity index (χ1) is 15.4. The fourth-order valence-electron chi connectivity index (χ4n) is 3.48. The molecular formula is C23H31N5O4. The van der Waals surface area contributed by atoms with Crippen LogP contribution < -0.4 is 20.1 Å². The molecule has 32 heavy (non-hydrogen) atoms. The Morgan fingerprint density at radius 3 is 2.38 bits per heavy atom. The van der Waals surface area contributed by atoms with Gasteiger partial charge in [0.25, 0.3) is 5.91 Å². The average molecular weight is 441 g/mol. The first-order valence-electron chi connectivity index (χ1n) is 10.6. The molecule has 0 aliphatic heterocycles. The maximum atomic E-state index is 12.2. The third-order valence-corrected chi connectivity index (χ3v) is 5.38. The Hall–Kier alpha value is -3.49. The lowest BCUT2D eigenvalue weighted by atomic mass is 10.1. The first-order valence-corrected chi connectivity index (χ1v) is 10.6. The molecule has 0 radical (unpaired) electrons. The zero-order valence-corrected chi connectivity index (χ0v) is 19.1. The van der Waals surface area contributed by atoms with Crippen LogP contribution in [0.2, 0.25) is 0 Å². The molecule has 0 saturated heterocycles. The fourth-order valence-corrected chi connectivity index (χ4v) is 3.48. The quantitative estimate of drug-likeness (QED) is 0.451. The minimum Gasteiger partial charge on any atom is -0.493 e. The molecule has 0 aliphatic carbocycles. The summed E-state index contributed by atoms with van der Waals surface area (Å²) in [6.07, 6.45) is 5.51. The number of carbonyl (C=O) groups excluding carboxylic acids is 1. The van der Waals surface area contributed by atoms with E-state index in [0.29, 0.717) is 41.1 Å². The zero-order valence-electron chi connectivity index (χ0n) is 19.1. The van der Waals surface area contributed by atoms with Crippen molar-refractivity contribution in [1.82, 2.24) is 14.9 Å². The van der Waals surface area contributed by atoms with Gasteiger partial charge in [0.2, 0.25) is 5.95 Å². The minimum absolute atomic E-state index is 0.0879. The number of methoxy groups -OCH3 is 2. The van der Waals surface area contributed by atoms with Gasteiger partial charge in [0.1, 0.15) is 5.82 Å². The van der Waals surface area contributed by atoms with E-state index >= 15 is 0 Å². The predicted octanol–water partition coefficient (Wildman–Crippen LogP) is 3.59. The number of aromatic nitrogens is 2. The molecule has 9 heteroatoms. The summed E-state index contributed by atoms with van der Waals surface area (Å²) in [6, 6.07) is 7.01. The van der Waals surface area contributed by atoms with Crippen LogP contribution in [-0.2, 0) is 0 Å². The second-order valence-electron chi connectivity index (χ2n) is 7.67. The molecule has 0 spiro atoms. The van der Waals surface area contributed by atoms with Crippen LogP contribution in [0.3, 0.4) is 0 Å². The third kappa shape index (κ3) is 5.40. The van der Waals surface area contributed by atoms with Crippen LogP contribution in [0.4, 0.5) is 11.8 Å². The Labute approximate surface area is 188 Å². The van der Waals surface area contributed by atoms with E-state index in [-0.39, 0.29) is 5.91 Å². The summed E-state index contributed by atoms with van der Waals surface area (Å²) in [5, 5.41) is 0.730. The fraction of sp³-hybridized carbons (Fsp3) is 0.435. The lowest BCUT2D eigenvalue weighted by Gasteiger charge is -2.19. The molecule has 0 atom stereocenters. The number of nitrogens with zero attached hydrogens (tertiary/aromatic N) is 4.